The van der Waals surface area contributed by atoms with Gasteiger partial charge in [-0.15, -0.1) is 0 Å². The van der Waals surface area contributed by atoms with Crippen LogP contribution in [-0.4, -0.2) is 24.4 Å². The van der Waals surface area contributed by atoms with Crippen LogP contribution in [0.5, 0.6) is 0 Å². The summed E-state index contributed by atoms with van der Waals surface area (Å²) in [5, 5.41) is 0. The van der Waals surface area contributed by atoms with E-state index in [1.807, 2.05) is 6.66 Å². The van der Waals surface area contributed by atoms with Crippen LogP contribution in [-0.2, 0) is 0 Å². The Kier molecular flexibility index (Phi) is 3.03. The van der Waals surface area contributed by atoms with Crippen LogP contribution in [0.2, 0.25) is 0 Å². The Morgan fingerprint density at radius 3 is 1.82 bits per heavy atom. The van der Waals surface area contributed by atoms with Gasteiger partial charge >= 0.3 is 119 Å². The zero-order chi connectivity index (χ0) is 12.3. The maximum atomic E-state index is 6.29. The Morgan fingerprint density at radius 1 is 0.941 bits per heavy atom. The predicted octanol–water partition coefficient (Wildman–Crippen LogP) is 5.45. The van der Waals surface area contributed by atoms with Crippen molar-refractivity contribution in [2.24, 2.45) is 17.3 Å². The van der Waals surface area contributed by atoms with Crippen LogP contribution in [0, 0.1) is 17.3 Å². The third kappa shape index (κ3) is 2.25. The Hall–Kier alpha value is 1.26. The van der Waals surface area contributed by atoms with Crippen LogP contribution in [0.1, 0.15) is 38.5 Å². The van der Waals surface area contributed by atoms with E-state index in [0.29, 0.717) is 5.41 Å². The first-order chi connectivity index (χ1) is 7.80. The van der Waals surface area contributed by atoms with Gasteiger partial charge in [-0.3, -0.25) is 0 Å². The molecule has 1 heterocycles. The predicted molar refractivity (Wildman–Crippen MR) is 79.1 cm³/mol. The monoisotopic (exact) mass is 315 g/mol. The molecule has 3 fully saturated rings. The fourth-order valence-corrected chi connectivity index (χ4v) is 6.23. The molecule has 1 spiro atoms. The minimum atomic E-state index is -3.03. The summed E-state index contributed by atoms with van der Waals surface area (Å²) in [6, 6.07) is 0. The van der Waals surface area contributed by atoms with E-state index >= 15 is 0 Å². The van der Waals surface area contributed by atoms with Gasteiger partial charge < -0.3 is 0 Å². The van der Waals surface area contributed by atoms with E-state index in [9.17, 15) is 0 Å². The third-order valence-electron chi connectivity index (χ3n) is 5.19. The van der Waals surface area contributed by atoms with E-state index < -0.39 is 4.81 Å². The molecular formula is C12H21Cl3NP. The van der Waals surface area contributed by atoms with Crippen molar-refractivity contribution >= 4 is 38.5 Å². The summed E-state index contributed by atoms with van der Waals surface area (Å²) in [5.74, 6) is 1.89. The van der Waals surface area contributed by atoms with E-state index in [2.05, 4.69) is 4.67 Å². The normalized spacial score (nSPS) is 39.4. The molecule has 0 radical (unpaired) electrons. The molecule has 1 aliphatic heterocycles. The Balaban J connectivity index is 1.65. The molecule has 0 N–H and O–H groups in total. The standard InChI is InChI=1S/C12H21Cl3NP/c1-17(13,14,15)16-8-12(9-16)10-6-4-2-3-5-7-11(10)12/h10-11H,2-9H2,1H3. The molecule has 0 aromatic heterocycles. The third-order valence-corrected chi connectivity index (χ3v) is 8.61. The van der Waals surface area contributed by atoms with Crippen molar-refractivity contribution in [3.05, 3.63) is 0 Å². The summed E-state index contributed by atoms with van der Waals surface area (Å²) >= 11 is 18.9. The minimum absolute atomic E-state index is 0.558. The number of nitrogens with zero attached hydrogens (tertiary/aromatic N) is 1. The van der Waals surface area contributed by atoms with Gasteiger partial charge in [0.05, 0.1) is 0 Å². The number of hydrogen-bond donors (Lipinski definition) is 0. The molecule has 100 valence electrons. The number of rotatable bonds is 1. The van der Waals surface area contributed by atoms with Crippen LogP contribution in [0.25, 0.3) is 0 Å². The van der Waals surface area contributed by atoms with Crippen LogP contribution < -0.4 is 0 Å². The molecule has 0 aromatic rings. The van der Waals surface area contributed by atoms with Crippen LogP contribution >= 0.6 is 38.5 Å². The van der Waals surface area contributed by atoms with Crippen molar-refractivity contribution < 1.29 is 0 Å². The van der Waals surface area contributed by atoms with E-state index in [4.69, 9.17) is 33.7 Å². The average molecular weight is 317 g/mol. The van der Waals surface area contributed by atoms with Crippen molar-refractivity contribution in [3.8, 4) is 0 Å². The van der Waals surface area contributed by atoms with E-state index in [1.165, 1.54) is 38.5 Å². The second-order valence-electron chi connectivity index (χ2n) is 6.39. The molecular weight excluding hydrogens is 295 g/mol. The summed E-state index contributed by atoms with van der Waals surface area (Å²) in [6.45, 7) is 3.91. The van der Waals surface area contributed by atoms with Crippen molar-refractivity contribution in [1.29, 1.82) is 0 Å². The van der Waals surface area contributed by atoms with Gasteiger partial charge in [0.15, 0.2) is 0 Å². The van der Waals surface area contributed by atoms with E-state index in [-0.39, 0.29) is 0 Å². The van der Waals surface area contributed by atoms with Crippen molar-refractivity contribution in [3.63, 3.8) is 0 Å². The van der Waals surface area contributed by atoms with Gasteiger partial charge in [0.25, 0.3) is 0 Å². The first kappa shape index (κ1) is 13.3. The molecule has 0 bridgehead atoms. The van der Waals surface area contributed by atoms with Gasteiger partial charge in [-0.2, -0.15) is 0 Å². The van der Waals surface area contributed by atoms with Gasteiger partial charge in [-0.1, -0.05) is 0 Å². The molecule has 2 atom stereocenters. The van der Waals surface area contributed by atoms with Gasteiger partial charge in [0.1, 0.15) is 0 Å². The van der Waals surface area contributed by atoms with Gasteiger partial charge in [0.2, 0.25) is 0 Å². The molecule has 5 heteroatoms. The zero-order valence-electron chi connectivity index (χ0n) is 10.3. The first-order valence-corrected chi connectivity index (χ1v) is 12.1. The van der Waals surface area contributed by atoms with Gasteiger partial charge in [-0.25, -0.2) is 0 Å². The molecule has 2 saturated carbocycles. The topological polar surface area (TPSA) is 3.24 Å². The summed E-state index contributed by atoms with van der Waals surface area (Å²) in [5.41, 5.74) is 0.558. The molecule has 0 aromatic carbocycles. The molecule has 17 heavy (non-hydrogen) atoms. The number of hydrogen-bond acceptors (Lipinski definition) is 1. The van der Waals surface area contributed by atoms with Gasteiger partial charge in [0, 0.05) is 0 Å². The van der Waals surface area contributed by atoms with Crippen LogP contribution in [0.15, 0.2) is 0 Å². The summed E-state index contributed by atoms with van der Waals surface area (Å²) in [6.07, 6.45) is 8.53. The fraction of sp³-hybridized carbons (Fsp3) is 1.00. The summed E-state index contributed by atoms with van der Waals surface area (Å²) < 4.78 is 2.14. The van der Waals surface area contributed by atoms with Gasteiger partial charge in [-0.05, 0) is 0 Å². The molecule has 3 rings (SSSR count). The quantitative estimate of drug-likeness (QED) is 0.582. The fourth-order valence-electron chi connectivity index (χ4n) is 4.13. The van der Waals surface area contributed by atoms with Crippen molar-refractivity contribution in [2.75, 3.05) is 19.8 Å². The zero-order valence-corrected chi connectivity index (χ0v) is 13.5. The SMILES string of the molecule is CP(Cl)(Cl)(Cl)N1CC2(C1)C1CCCCCCC12. The summed E-state index contributed by atoms with van der Waals surface area (Å²) in [7, 11) is 0. The van der Waals surface area contributed by atoms with Crippen LogP contribution in [0.4, 0.5) is 0 Å². The maximum absolute atomic E-state index is 6.29. The second-order valence-corrected chi connectivity index (χ2v) is 18.2. The molecule has 3 aliphatic rings. The Morgan fingerprint density at radius 2 is 1.41 bits per heavy atom. The van der Waals surface area contributed by atoms with E-state index in [1.54, 1.807) is 0 Å². The first-order valence-electron chi connectivity index (χ1n) is 6.72. The molecule has 1 saturated heterocycles. The average Bonchev–Trinajstić information content (AvgIpc) is 2.64. The Labute approximate surface area is 119 Å². The van der Waals surface area contributed by atoms with Crippen molar-refractivity contribution in [2.45, 2.75) is 38.5 Å². The number of halogens is 3. The molecule has 2 aliphatic carbocycles. The molecule has 0 amide bonds. The number of fused-ring (bicyclic) bond motifs is 3. The summed E-state index contributed by atoms with van der Waals surface area (Å²) in [4.78, 5) is -3.03. The van der Waals surface area contributed by atoms with E-state index in [0.717, 1.165) is 24.9 Å². The molecule has 1 nitrogen and oxygen atoms in total. The van der Waals surface area contributed by atoms with Crippen molar-refractivity contribution in [1.82, 2.24) is 4.67 Å². The molecule has 2 unspecified atom stereocenters. The van der Waals surface area contributed by atoms with Crippen LogP contribution in [0.3, 0.4) is 0 Å². The Bertz CT molecular complexity index is 307. The second kappa shape index (κ2) is 3.89.